The molecule has 0 aliphatic carbocycles. The lowest BCUT2D eigenvalue weighted by atomic mass is 9.97. The number of primary sulfonamides is 1. The molecular formula is C10H23N3O2S. The van der Waals surface area contributed by atoms with Gasteiger partial charge in [-0.05, 0) is 33.4 Å². The Bertz CT molecular complexity index is 305. The fraction of sp³-hybridized carbons (Fsp3) is 1.00. The van der Waals surface area contributed by atoms with E-state index in [1.807, 2.05) is 7.05 Å². The third kappa shape index (κ3) is 4.37. The third-order valence-corrected chi connectivity index (χ3v) is 4.11. The van der Waals surface area contributed by atoms with Crippen molar-refractivity contribution in [1.82, 2.24) is 10.2 Å². The minimum atomic E-state index is -3.34. The lowest BCUT2D eigenvalue weighted by Gasteiger charge is -2.39. The maximum atomic E-state index is 11.0. The van der Waals surface area contributed by atoms with E-state index >= 15 is 0 Å². The van der Waals surface area contributed by atoms with E-state index < -0.39 is 10.0 Å². The smallest absolute Gasteiger partial charge is 0.210 e. The molecule has 1 aliphatic rings. The van der Waals surface area contributed by atoms with Crippen molar-refractivity contribution in [3.05, 3.63) is 0 Å². The van der Waals surface area contributed by atoms with Gasteiger partial charge in [0.25, 0.3) is 0 Å². The molecule has 0 spiro atoms. The van der Waals surface area contributed by atoms with Gasteiger partial charge < -0.3 is 5.32 Å². The van der Waals surface area contributed by atoms with Crippen molar-refractivity contribution in [2.45, 2.75) is 38.3 Å². The summed E-state index contributed by atoms with van der Waals surface area (Å²) >= 11 is 0. The molecule has 1 heterocycles. The second kappa shape index (κ2) is 5.95. The van der Waals surface area contributed by atoms with Crippen LogP contribution in [0.25, 0.3) is 0 Å². The monoisotopic (exact) mass is 249 g/mol. The molecule has 2 unspecified atom stereocenters. The van der Waals surface area contributed by atoms with Crippen molar-refractivity contribution < 1.29 is 8.42 Å². The first-order valence-electron chi connectivity index (χ1n) is 5.86. The van der Waals surface area contributed by atoms with Crippen LogP contribution in [-0.4, -0.2) is 51.3 Å². The molecule has 16 heavy (non-hydrogen) atoms. The van der Waals surface area contributed by atoms with Gasteiger partial charge in [-0.2, -0.15) is 0 Å². The summed E-state index contributed by atoms with van der Waals surface area (Å²) in [6.07, 6.45) is 3.51. The topological polar surface area (TPSA) is 75.4 Å². The zero-order valence-electron chi connectivity index (χ0n) is 10.1. The summed E-state index contributed by atoms with van der Waals surface area (Å²) in [4.78, 5) is 2.25. The third-order valence-electron chi connectivity index (χ3n) is 3.36. The predicted octanol–water partition coefficient (Wildman–Crippen LogP) is -0.263. The van der Waals surface area contributed by atoms with Crippen LogP contribution in [0.4, 0.5) is 0 Å². The number of nitrogens with one attached hydrogen (secondary N) is 1. The highest BCUT2D eigenvalue weighted by atomic mass is 32.2. The number of nitrogens with zero attached hydrogens (tertiary/aromatic N) is 1. The molecule has 0 aromatic carbocycles. The molecule has 1 fully saturated rings. The maximum Gasteiger partial charge on any atom is 0.210 e. The molecule has 5 nitrogen and oxygen atoms in total. The molecule has 0 bridgehead atoms. The van der Waals surface area contributed by atoms with Gasteiger partial charge >= 0.3 is 0 Å². The average Bonchev–Trinajstić information content (AvgIpc) is 2.25. The van der Waals surface area contributed by atoms with E-state index in [2.05, 4.69) is 17.1 Å². The van der Waals surface area contributed by atoms with Gasteiger partial charge in [0, 0.05) is 18.6 Å². The zero-order chi connectivity index (χ0) is 12.2. The number of nitrogens with two attached hydrogens (primary N) is 1. The zero-order valence-corrected chi connectivity index (χ0v) is 11.0. The highest BCUT2D eigenvalue weighted by Crippen LogP contribution is 2.19. The fourth-order valence-electron chi connectivity index (χ4n) is 2.30. The van der Waals surface area contributed by atoms with Gasteiger partial charge in [0.2, 0.25) is 10.0 Å². The first kappa shape index (κ1) is 13.9. The van der Waals surface area contributed by atoms with E-state index in [1.165, 1.54) is 6.42 Å². The second-order valence-electron chi connectivity index (χ2n) is 4.54. The van der Waals surface area contributed by atoms with Gasteiger partial charge in [-0.25, -0.2) is 13.6 Å². The first-order valence-corrected chi connectivity index (χ1v) is 7.57. The van der Waals surface area contributed by atoms with Crippen LogP contribution in [-0.2, 0) is 10.0 Å². The molecule has 0 saturated carbocycles. The van der Waals surface area contributed by atoms with Gasteiger partial charge in [-0.3, -0.25) is 4.90 Å². The van der Waals surface area contributed by atoms with E-state index in [0.717, 1.165) is 19.4 Å². The van der Waals surface area contributed by atoms with Crippen LogP contribution in [0.5, 0.6) is 0 Å². The maximum absolute atomic E-state index is 11.0. The molecule has 0 aromatic rings. The van der Waals surface area contributed by atoms with Crippen LogP contribution in [0.15, 0.2) is 0 Å². The Morgan fingerprint density at radius 3 is 2.75 bits per heavy atom. The summed E-state index contributed by atoms with van der Waals surface area (Å²) in [5.74, 6) is 0.0555. The highest BCUT2D eigenvalue weighted by Gasteiger charge is 2.26. The van der Waals surface area contributed by atoms with Crippen LogP contribution >= 0.6 is 0 Å². The largest absolute Gasteiger partial charge is 0.316 e. The highest BCUT2D eigenvalue weighted by molar-refractivity contribution is 7.89. The Labute approximate surface area is 98.4 Å². The first-order chi connectivity index (χ1) is 7.44. The van der Waals surface area contributed by atoms with Gasteiger partial charge in [-0.1, -0.05) is 6.42 Å². The van der Waals surface area contributed by atoms with Crippen molar-refractivity contribution in [3.63, 3.8) is 0 Å². The standard InChI is InChI=1S/C10H23N3O2S/c1-9(12-2)10-5-3-4-6-13(10)7-8-16(11,14)15/h9-10,12H,3-8H2,1-2H3,(H2,11,14,15). The van der Waals surface area contributed by atoms with Crippen LogP contribution in [0.2, 0.25) is 0 Å². The minimum Gasteiger partial charge on any atom is -0.316 e. The van der Waals surface area contributed by atoms with Gasteiger partial charge in [0.1, 0.15) is 0 Å². The summed E-state index contributed by atoms with van der Waals surface area (Å²) in [5, 5.41) is 8.28. The predicted molar refractivity (Wildman–Crippen MR) is 65.7 cm³/mol. The van der Waals surface area contributed by atoms with Crippen LogP contribution in [0.3, 0.4) is 0 Å². The van der Waals surface area contributed by atoms with Crippen LogP contribution in [0, 0.1) is 0 Å². The molecular weight excluding hydrogens is 226 g/mol. The normalized spacial score (nSPS) is 25.6. The van der Waals surface area contributed by atoms with E-state index in [-0.39, 0.29) is 5.75 Å². The van der Waals surface area contributed by atoms with Crippen LogP contribution < -0.4 is 10.5 Å². The number of sulfonamides is 1. The number of hydrogen-bond acceptors (Lipinski definition) is 4. The van der Waals surface area contributed by atoms with Crippen molar-refractivity contribution >= 4 is 10.0 Å². The minimum absolute atomic E-state index is 0.0555. The Balaban J connectivity index is 2.53. The van der Waals surface area contributed by atoms with Crippen LogP contribution in [0.1, 0.15) is 26.2 Å². The van der Waals surface area contributed by atoms with Crippen molar-refractivity contribution in [2.24, 2.45) is 5.14 Å². The molecule has 6 heteroatoms. The Morgan fingerprint density at radius 1 is 1.50 bits per heavy atom. The van der Waals surface area contributed by atoms with Gasteiger partial charge in [0.05, 0.1) is 5.75 Å². The average molecular weight is 249 g/mol. The quantitative estimate of drug-likeness (QED) is 0.704. The molecule has 1 rings (SSSR count). The van der Waals surface area contributed by atoms with Gasteiger partial charge in [-0.15, -0.1) is 0 Å². The molecule has 0 aromatic heterocycles. The molecule has 2 atom stereocenters. The van der Waals surface area contributed by atoms with Crippen molar-refractivity contribution in [2.75, 3.05) is 25.9 Å². The summed E-state index contributed by atoms with van der Waals surface area (Å²) in [6, 6.07) is 0.821. The second-order valence-corrected chi connectivity index (χ2v) is 6.28. The van der Waals surface area contributed by atoms with E-state index in [9.17, 15) is 8.42 Å². The van der Waals surface area contributed by atoms with E-state index in [1.54, 1.807) is 0 Å². The summed E-state index contributed by atoms with van der Waals surface area (Å²) in [6.45, 7) is 3.67. The SMILES string of the molecule is CNC(C)C1CCCCN1CCS(N)(=O)=O. The molecule has 0 amide bonds. The Morgan fingerprint density at radius 2 is 2.19 bits per heavy atom. The molecule has 1 aliphatic heterocycles. The number of piperidine rings is 1. The molecule has 1 saturated heterocycles. The lowest BCUT2D eigenvalue weighted by Crippen LogP contribution is -2.51. The Hall–Kier alpha value is -0.170. The number of rotatable bonds is 5. The van der Waals surface area contributed by atoms with E-state index in [4.69, 9.17) is 5.14 Å². The summed E-state index contributed by atoms with van der Waals surface area (Å²) in [5.41, 5.74) is 0. The number of likely N-dealkylation sites (tertiary alicyclic amines) is 1. The Kier molecular flexibility index (Phi) is 5.17. The number of hydrogen-bond donors (Lipinski definition) is 2. The summed E-state index contributed by atoms with van der Waals surface area (Å²) < 4.78 is 21.9. The molecule has 96 valence electrons. The van der Waals surface area contributed by atoms with Crippen molar-refractivity contribution in [3.8, 4) is 0 Å². The molecule has 3 N–H and O–H groups in total. The lowest BCUT2D eigenvalue weighted by molar-refractivity contribution is 0.129. The number of likely N-dealkylation sites (N-methyl/N-ethyl adjacent to an activating group) is 1. The van der Waals surface area contributed by atoms with Gasteiger partial charge in [0.15, 0.2) is 0 Å². The summed E-state index contributed by atoms with van der Waals surface area (Å²) in [7, 11) is -1.40. The van der Waals surface area contributed by atoms with E-state index in [0.29, 0.717) is 18.6 Å². The molecule has 0 radical (unpaired) electrons. The van der Waals surface area contributed by atoms with Crippen molar-refractivity contribution in [1.29, 1.82) is 0 Å². The fourth-order valence-corrected chi connectivity index (χ4v) is 2.79.